The van der Waals surface area contributed by atoms with Gasteiger partial charge in [-0.3, -0.25) is 0 Å². The lowest BCUT2D eigenvalue weighted by Gasteiger charge is -2.02. The van der Waals surface area contributed by atoms with Crippen molar-refractivity contribution >= 4 is 54.2 Å². The number of nitrogens with two attached hydrogens (primary N) is 1. The number of aryl methyl sites for hydroxylation is 1. The zero-order chi connectivity index (χ0) is 12.7. The highest BCUT2D eigenvalue weighted by Crippen LogP contribution is 2.36. The van der Waals surface area contributed by atoms with Crippen LogP contribution in [-0.4, -0.2) is 9.97 Å². The topological polar surface area (TPSA) is 51.8 Å². The van der Waals surface area contributed by atoms with Gasteiger partial charge in [-0.05, 0) is 25.0 Å². The van der Waals surface area contributed by atoms with Crippen LogP contribution in [-0.2, 0) is 6.42 Å². The first-order chi connectivity index (χ1) is 8.70. The third-order valence-corrected chi connectivity index (χ3v) is 4.63. The van der Waals surface area contributed by atoms with Crippen molar-refractivity contribution in [2.75, 3.05) is 5.73 Å². The number of benzene rings is 1. The number of fused-ring (bicyclic) bond motifs is 3. The fourth-order valence-corrected chi connectivity index (χ4v) is 3.97. The second-order valence-corrected chi connectivity index (χ2v) is 6.10. The van der Waals surface area contributed by atoms with Gasteiger partial charge in [0.05, 0.1) is 15.2 Å². The van der Waals surface area contributed by atoms with Gasteiger partial charge in [-0.15, -0.1) is 11.3 Å². The summed E-state index contributed by atoms with van der Waals surface area (Å²) in [5.74, 6) is 0.522. The normalized spacial score (nSPS) is 11.4. The summed E-state index contributed by atoms with van der Waals surface area (Å²) in [4.78, 5) is 9.03. The third-order valence-electron chi connectivity index (χ3n) is 2.84. The standard InChI is InChI=1S/C13H12BrN3S/c1-2-4-9-17-11-12(18-9)10-7(14)5-3-6-8(10)16-13(11)15/h3,5-6H,2,4H2,1H3,(H2,15,16). The van der Waals surface area contributed by atoms with Crippen LogP contribution >= 0.6 is 27.3 Å². The molecule has 0 aliphatic heterocycles. The van der Waals surface area contributed by atoms with Crippen LogP contribution in [0.15, 0.2) is 22.7 Å². The van der Waals surface area contributed by atoms with Crippen LogP contribution in [0.2, 0.25) is 0 Å². The van der Waals surface area contributed by atoms with Crippen LogP contribution in [0.25, 0.3) is 21.1 Å². The predicted molar refractivity (Wildman–Crippen MR) is 81.0 cm³/mol. The van der Waals surface area contributed by atoms with Gasteiger partial charge in [0.25, 0.3) is 0 Å². The van der Waals surface area contributed by atoms with Crippen molar-refractivity contribution in [1.29, 1.82) is 0 Å². The molecule has 2 aromatic heterocycles. The molecule has 0 saturated carbocycles. The number of hydrogen-bond acceptors (Lipinski definition) is 4. The number of pyridine rings is 1. The highest BCUT2D eigenvalue weighted by atomic mass is 79.9. The molecule has 0 unspecified atom stereocenters. The Morgan fingerprint density at radius 1 is 1.33 bits per heavy atom. The molecule has 0 atom stereocenters. The molecule has 3 nitrogen and oxygen atoms in total. The van der Waals surface area contributed by atoms with Gasteiger partial charge in [-0.1, -0.05) is 28.9 Å². The average molecular weight is 322 g/mol. The van der Waals surface area contributed by atoms with Crippen LogP contribution in [0.4, 0.5) is 5.82 Å². The fraction of sp³-hybridized carbons (Fsp3) is 0.231. The Bertz CT molecular complexity index is 736. The second kappa shape index (κ2) is 4.48. The largest absolute Gasteiger partial charge is 0.382 e. The molecule has 0 fully saturated rings. The van der Waals surface area contributed by atoms with Gasteiger partial charge >= 0.3 is 0 Å². The summed E-state index contributed by atoms with van der Waals surface area (Å²) in [6, 6.07) is 5.98. The Morgan fingerprint density at radius 2 is 2.17 bits per heavy atom. The molecule has 2 N–H and O–H groups in total. The van der Waals surface area contributed by atoms with Crippen molar-refractivity contribution in [3.63, 3.8) is 0 Å². The van der Waals surface area contributed by atoms with E-state index in [2.05, 4.69) is 32.8 Å². The molecule has 3 aromatic rings. The van der Waals surface area contributed by atoms with Crippen LogP contribution < -0.4 is 5.73 Å². The van der Waals surface area contributed by atoms with Crippen molar-refractivity contribution in [2.45, 2.75) is 19.8 Å². The monoisotopic (exact) mass is 321 g/mol. The molecule has 0 radical (unpaired) electrons. The lowest BCUT2D eigenvalue weighted by atomic mass is 10.2. The van der Waals surface area contributed by atoms with Crippen molar-refractivity contribution < 1.29 is 0 Å². The molecule has 5 heteroatoms. The van der Waals surface area contributed by atoms with E-state index in [1.54, 1.807) is 11.3 Å². The summed E-state index contributed by atoms with van der Waals surface area (Å²) in [5, 5.41) is 2.24. The van der Waals surface area contributed by atoms with E-state index in [1.165, 1.54) is 0 Å². The maximum absolute atomic E-state index is 6.00. The number of nitrogens with zero attached hydrogens (tertiary/aromatic N) is 2. The van der Waals surface area contributed by atoms with E-state index in [4.69, 9.17) is 5.73 Å². The number of hydrogen-bond donors (Lipinski definition) is 1. The Balaban J connectivity index is 2.43. The zero-order valence-electron chi connectivity index (χ0n) is 9.90. The Kier molecular flexibility index (Phi) is 2.95. The quantitative estimate of drug-likeness (QED) is 0.771. The molecular formula is C13H12BrN3S. The summed E-state index contributed by atoms with van der Waals surface area (Å²) in [7, 11) is 0. The van der Waals surface area contributed by atoms with Crippen LogP contribution in [0.1, 0.15) is 18.4 Å². The molecule has 92 valence electrons. The van der Waals surface area contributed by atoms with Crippen LogP contribution in [0.3, 0.4) is 0 Å². The van der Waals surface area contributed by atoms with E-state index in [9.17, 15) is 0 Å². The highest BCUT2D eigenvalue weighted by Gasteiger charge is 2.13. The molecular weight excluding hydrogens is 310 g/mol. The lowest BCUT2D eigenvalue weighted by Crippen LogP contribution is -1.93. The van der Waals surface area contributed by atoms with Crippen molar-refractivity contribution in [1.82, 2.24) is 9.97 Å². The highest BCUT2D eigenvalue weighted by molar-refractivity contribution is 9.10. The minimum Gasteiger partial charge on any atom is -0.382 e. The van der Waals surface area contributed by atoms with E-state index in [-0.39, 0.29) is 0 Å². The molecule has 0 spiro atoms. The number of nitrogen functional groups attached to an aromatic ring is 1. The van der Waals surface area contributed by atoms with Crippen LogP contribution in [0, 0.1) is 0 Å². The number of anilines is 1. The van der Waals surface area contributed by atoms with Gasteiger partial charge in [0.2, 0.25) is 0 Å². The van der Waals surface area contributed by atoms with Gasteiger partial charge in [0.15, 0.2) is 5.82 Å². The minimum atomic E-state index is 0.522. The van der Waals surface area contributed by atoms with E-state index in [0.717, 1.165) is 43.4 Å². The lowest BCUT2D eigenvalue weighted by molar-refractivity contribution is 0.913. The molecule has 0 bridgehead atoms. The molecule has 0 saturated heterocycles. The molecule has 0 aliphatic carbocycles. The summed E-state index contributed by atoms with van der Waals surface area (Å²) >= 11 is 5.31. The van der Waals surface area contributed by atoms with Crippen molar-refractivity contribution in [3.8, 4) is 0 Å². The molecule has 3 rings (SSSR count). The summed E-state index contributed by atoms with van der Waals surface area (Å²) in [6.07, 6.45) is 2.08. The molecule has 2 heterocycles. The van der Waals surface area contributed by atoms with E-state index < -0.39 is 0 Å². The molecule has 0 amide bonds. The van der Waals surface area contributed by atoms with Gasteiger partial charge in [-0.25, -0.2) is 9.97 Å². The summed E-state index contributed by atoms with van der Waals surface area (Å²) in [5.41, 5.74) is 7.75. The molecule has 18 heavy (non-hydrogen) atoms. The van der Waals surface area contributed by atoms with Gasteiger partial charge in [0.1, 0.15) is 5.52 Å². The number of rotatable bonds is 2. The first-order valence-electron chi connectivity index (χ1n) is 5.84. The SMILES string of the molecule is CCCc1nc2c(N)nc3cccc(Br)c3c2s1. The van der Waals surface area contributed by atoms with E-state index >= 15 is 0 Å². The Hall–Kier alpha value is -1.20. The van der Waals surface area contributed by atoms with E-state index in [0.29, 0.717) is 5.82 Å². The first-order valence-corrected chi connectivity index (χ1v) is 7.44. The Morgan fingerprint density at radius 3 is 2.94 bits per heavy atom. The smallest absolute Gasteiger partial charge is 0.151 e. The molecule has 0 aliphatic rings. The average Bonchev–Trinajstić information content (AvgIpc) is 2.74. The van der Waals surface area contributed by atoms with Crippen LogP contribution in [0.5, 0.6) is 0 Å². The van der Waals surface area contributed by atoms with E-state index in [1.807, 2.05) is 18.2 Å². The number of halogens is 1. The maximum atomic E-state index is 6.00. The fourth-order valence-electron chi connectivity index (χ4n) is 2.04. The van der Waals surface area contributed by atoms with Crippen molar-refractivity contribution in [3.05, 3.63) is 27.7 Å². The van der Waals surface area contributed by atoms with Gasteiger partial charge in [-0.2, -0.15) is 0 Å². The Labute approximate surface area is 117 Å². The predicted octanol–water partition coefficient (Wildman–Crippen LogP) is 4.14. The van der Waals surface area contributed by atoms with Gasteiger partial charge in [0, 0.05) is 9.86 Å². The summed E-state index contributed by atoms with van der Waals surface area (Å²) < 4.78 is 2.18. The summed E-state index contributed by atoms with van der Waals surface area (Å²) in [6.45, 7) is 2.15. The maximum Gasteiger partial charge on any atom is 0.151 e. The second-order valence-electron chi connectivity index (χ2n) is 4.17. The number of aromatic nitrogens is 2. The van der Waals surface area contributed by atoms with Crippen molar-refractivity contribution in [2.24, 2.45) is 0 Å². The minimum absolute atomic E-state index is 0.522. The first kappa shape index (κ1) is 11.9. The third kappa shape index (κ3) is 1.78. The molecule has 1 aromatic carbocycles. The zero-order valence-corrected chi connectivity index (χ0v) is 12.3. The van der Waals surface area contributed by atoms with Gasteiger partial charge < -0.3 is 5.73 Å². The number of thiazole rings is 1.